The summed E-state index contributed by atoms with van der Waals surface area (Å²) < 4.78 is 1.83. The van der Waals surface area contributed by atoms with Crippen molar-refractivity contribution in [3.8, 4) is 11.4 Å². The summed E-state index contributed by atoms with van der Waals surface area (Å²) in [4.78, 5) is 11.6. The quantitative estimate of drug-likeness (QED) is 0.862. The molecular formula is C13H17N5O. The molecule has 6 nitrogen and oxygen atoms in total. The number of carbonyl (C=O) groups is 1. The van der Waals surface area contributed by atoms with E-state index in [9.17, 15) is 4.79 Å². The number of anilines is 1. The summed E-state index contributed by atoms with van der Waals surface area (Å²) in [5, 5.41) is 10.6. The summed E-state index contributed by atoms with van der Waals surface area (Å²) in [7, 11) is 1.88. The van der Waals surface area contributed by atoms with Crippen molar-refractivity contribution in [3.63, 3.8) is 0 Å². The lowest BCUT2D eigenvalue weighted by atomic mass is 10.2. The third-order valence-electron chi connectivity index (χ3n) is 2.90. The Balaban J connectivity index is 2.11. The van der Waals surface area contributed by atoms with E-state index in [1.807, 2.05) is 42.8 Å². The van der Waals surface area contributed by atoms with Gasteiger partial charge in [0.25, 0.3) is 0 Å². The van der Waals surface area contributed by atoms with Gasteiger partial charge in [0, 0.05) is 18.3 Å². The number of nitrogens with two attached hydrogens (primary N) is 1. The van der Waals surface area contributed by atoms with Crippen LogP contribution in [0.1, 0.15) is 13.3 Å². The fourth-order valence-corrected chi connectivity index (χ4v) is 1.67. The van der Waals surface area contributed by atoms with Crippen LogP contribution in [0.4, 0.5) is 5.69 Å². The van der Waals surface area contributed by atoms with Crippen LogP contribution in [0.25, 0.3) is 11.4 Å². The molecule has 19 heavy (non-hydrogen) atoms. The number of aryl methyl sites for hydroxylation is 1. The van der Waals surface area contributed by atoms with Gasteiger partial charge in [-0.25, -0.2) is 0 Å². The highest BCUT2D eigenvalue weighted by atomic mass is 16.2. The molecule has 1 atom stereocenters. The van der Waals surface area contributed by atoms with E-state index in [0.29, 0.717) is 6.42 Å². The average molecular weight is 259 g/mol. The summed E-state index contributed by atoms with van der Waals surface area (Å²) in [5.41, 5.74) is 7.32. The topological polar surface area (TPSA) is 85.8 Å². The van der Waals surface area contributed by atoms with Crippen molar-refractivity contribution >= 4 is 11.6 Å². The van der Waals surface area contributed by atoms with Crippen LogP contribution in [0.2, 0.25) is 0 Å². The molecular weight excluding hydrogens is 242 g/mol. The molecule has 0 aliphatic heterocycles. The highest BCUT2D eigenvalue weighted by Gasteiger charge is 2.11. The van der Waals surface area contributed by atoms with E-state index in [1.165, 1.54) is 0 Å². The molecule has 1 aromatic heterocycles. The Labute approximate surface area is 111 Å². The number of amides is 1. The average Bonchev–Trinajstić information content (AvgIpc) is 2.85. The molecule has 2 rings (SSSR count). The summed E-state index contributed by atoms with van der Waals surface area (Å²) in [6.07, 6.45) is 2.26. The number of nitrogens with zero attached hydrogens (tertiary/aromatic N) is 3. The first-order chi connectivity index (χ1) is 9.11. The maximum Gasteiger partial charge on any atom is 0.241 e. The minimum atomic E-state index is -0.474. The second-order valence-electron chi connectivity index (χ2n) is 4.35. The van der Waals surface area contributed by atoms with Gasteiger partial charge in [0.15, 0.2) is 5.82 Å². The maximum absolute atomic E-state index is 11.6. The fourth-order valence-electron chi connectivity index (χ4n) is 1.67. The van der Waals surface area contributed by atoms with Gasteiger partial charge in [0.05, 0.1) is 6.04 Å². The molecule has 1 amide bonds. The fraction of sp³-hybridized carbons (Fsp3) is 0.308. The Morgan fingerprint density at radius 2 is 2.11 bits per heavy atom. The van der Waals surface area contributed by atoms with E-state index >= 15 is 0 Å². The first-order valence-electron chi connectivity index (χ1n) is 6.12. The molecule has 0 aliphatic rings. The summed E-state index contributed by atoms with van der Waals surface area (Å²) in [6, 6.07) is 6.95. The van der Waals surface area contributed by atoms with Crippen LogP contribution in [-0.2, 0) is 11.8 Å². The zero-order chi connectivity index (χ0) is 13.8. The van der Waals surface area contributed by atoms with E-state index < -0.39 is 6.04 Å². The maximum atomic E-state index is 11.6. The van der Waals surface area contributed by atoms with Crippen molar-refractivity contribution < 1.29 is 4.79 Å². The third kappa shape index (κ3) is 2.97. The summed E-state index contributed by atoms with van der Waals surface area (Å²) in [6.45, 7) is 1.88. The van der Waals surface area contributed by atoms with Crippen LogP contribution in [0.3, 0.4) is 0 Å². The van der Waals surface area contributed by atoms with Crippen LogP contribution in [0, 0.1) is 0 Å². The van der Waals surface area contributed by atoms with Crippen molar-refractivity contribution in [2.45, 2.75) is 19.4 Å². The van der Waals surface area contributed by atoms with E-state index in [0.717, 1.165) is 17.1 Å². The monoisotopic (exact) mass is 259 g/mol. The van der Waals surface area contributed by atoms with Gasteiger partial charge in [-0.2, -0.15) is 0 Å². The lowest BCUT2D eigenvalue weighted by Gasteiger charge is -2.10. The van der Waals surface area contributed by atoms with Crippen molar-refractivity contribution in [2.24, 2.45) is 12.8 Å². The number of hydrogen-bond acceptors (Lipinski definition) is 4. The van der Waals surface area contributed by atoms with Gasteiger partial charge in [-0.05, 0) is 30.7 Å². The molecule has 1 aromatic carbocycles. The largest absolute Gasteiger partial charge is 0.325 e. The van der Waals surface area contributed by atoms with Crippen LogP contribution in [-0.4, -0.2) is 26.7 Å². The van der Waals surface area contributed by atoms with Gasteiger partial charge in [0.2, 0.25) is 5.91 Å². The summed E-state index contributed by atoms with van der Waals surface area (Å²) >= 11 is 0. The number of benzene rings is 1. The Morgan fingerprint density at radius 3 is 2.63 bits per heavy atom. The van der Waals surface area contributed by atoms with Gasteiger partial charge in [-0.3, -0.25) is 4.79 Å². The van der Waals surface area contributed by atoms with E-state index in [4.69, 9.17) is 5.73 Å². The van der Waals surface area contributed by atoms with Crippen molar-refractivity contribution in [3.05, 3.63) is 30.6 Å². The molecule has 0 spiro atoms. The molecule has 0 bridgehead atoms. The highest BCUT2D eigenvalue weighted by molar-refractivity contribution is 5.94. The van der Waals surface area contributed by atoms with Gasteiger partial charge >= 0.3 is 0 Å². The van der Waals surface area contributed by atoms with Crippen LogP contribution < -0.4 is 11.1 Å². The molecule has 2 aromatic rings. The van der Waals surface area contributed by atoms with Gasteiger partial charge in [-0.15, -0.1) is 10.2 Å². The van der Waals surface area contributed by atoms with Crippen molar-refractivity contribution in [1.29, 1.82) is 0 Å². The third-order valence-corrected chi connectivity index (χ3v) is 2.90. The van der Waals surface area contributed by atoms with Crippen molar-refractivity contribution in [2.75, 3.05) is 5.32 Å². The zero-order valence-electron chi connectivity index (χ0n) is 11.0. The number of rotatable bonds is 4. The Hall–Kier alpha value is -2.21. The predicted octanol–water partition coefficient (Wildman–Crippen LogP) is 1.16. The molecule has 100 valence electrons. The molecule has 0 saturated carbocycles. The minimum Gasteiger partial charge on any atom is -0.325 e. The molecule has 0 saturated heterocycles. The van der Waals surface area contributed by atoms with E-state index in [1.54, 1.807) is 6.33 Å². The van der Waals surface area contributed by atoms with Gasteiger partial charge in [-0.1, -0.05) is 6.92 Å². The molecule has 0 radical (unpaired) electrons. The Bertz CT molecular complexity index is 561. The summed E-state index contributed by atoms with van der Waals surface area (Å²) in [5.74, 6) is 0.608. The smallest absolute Gasteiger partial charge is 0.241 e. The first kappa shape index (κ1) is 13.2. The molecule has 3 N–H and O–H groups in total. The van der Waals surface area contributed by atoms with Crippen LogP contribution >= 0.6 is 0 Å². The zero-order valence-corrected chi connectivity index (χ0v) is 11.0. The van der Waals surface area contributed by atoms with Gasteiger partial charge < -0.3 is 15.6 Å². The van der Waals surface area contributed by atoms with Crippen LogP contribution in [0.5, 0.6) is 0 Å². The lowest BCUT2D eigenvalue weighted by Crippen LogP contribution is -2.34. The van der Waals surface area contributed by atoms with Crippen LogP contribution in [0.15, 0.2) is 30.6 Å². The molecule has 1 heterocycles. The number of nitrogens with one attached hydrogen (secondary N) is 1. The van der Waals surface area contributed by atoms with Gasteiger partial charge in [0.1, 0.15) is 6.33 Å². The molecule has 6 heteroatoms. The predicted molar refractivity (Wildman–Crippen MR) is 73.3 cm³/mol. The Morgan fingerprint density at radius 1 is 1.42 bits per heavy atom. The molecule has 0 aliphatic carbocycles. The number of hydrogen-bond donors (Lipinski definition) is 2. The number of carbonyl (C=O) groups excluding carboxylic acids is 1. The lowest BCUT2D eigenvalue weighted by molar-refractivity contribution is -0.117. The normalized spacial score (nSPS) is 12.2. The molecule has 0 fully saturated rings. The SMILES string of the molecule is CC[C@H](N)C(=O)Nc1ccc(-c2nncn2C)cc1. The van der Waals surface area contributed by atoms with E-state index in [2.05, 4.69) is 15.5 Å². The first-order valence-corrected chi connectivity index (χ1v) is 6.12. The van der Waals surface area contributed by atoms with Crippen molar-refractivity contribution in [1.82, 2.24) is 14.8 Å². The second kappa shape index (κ2) is 5.62. The molecule has 0 unspecified atom stereocenters. The van der Waals surface area contributed by atoms with E-state index in [-0.39, 0.29) is 5.91 Å². The Kier molecular flexibility index (Phi) is 3.91. The number of aromatic nitrogens is 3. The minimum absolute atomic E-state index is 0.172. The standard InChI is InChI=1S/C13H17N5O/c1-3-11(14)13(19)16-10-6-4-9(5-7-10)12-17-15-8-18(12)2/h4-8,11H,3,14H2,1-2H3,(H,16,19)/t11-/m0/s1. The second-order valence-corrected chi connectivity index (χ2v) is 4.35. The highest BCUT2D eigenvalue weighted by Crippen LogP contribution is 2.18.